The molecule has 3 heterocycles. The van der Waals surface area contributed by atoms with E-state index in [9.17, 15) is 0 Å². The van der Waals surface area contributed by atoms with Crippen molar-refractivity contribution in [2.24, 2.45) is 5.41 Å². The number of rotatable bonds is 6. The predicted octanol–water partition coefficient (Wildman–Crippen LogP) is 2.99. The maximum atomic E-state index is 5.50. The Bertz CT molecular complexity index is 759. The van der Waals surface area contributed by atoms with E-state index in [4.69, 9.17) is 4.74 Å². The zero-order valence-corrected chi connectivity index (χ0v) is 15.4. The molecule has 2 aromatic rings. The Balaban J connectivity index is 1.43. The molecule has 0 bridgehead atoms. The lowest BCUT2D eigenvalue weighted by Crippen LogP contribution is -2.23. The number of ether oxygens (including phenoxy) is 1. The van der Waals surface area contributed by atoms with Crippen molar-refractivity contribution in [2.75, 3.05) is 25.1 Å². The van der Waals surface area contributed by atoms with Crippen LogP contribution in [0.5, 0.6) is 0 Å². The molecule has 1 aliphatic heterocycles. The molecule has 1 saturated carbocycles. The Morgan fingerprint density at radius 3 is 2.72 bits per heavy atom. The second kappa shape index (κ2) is 6.41. The molecule has 6 nitrogen and oxygen atoms in total. The molecule has 2 fully saturated rings. The van der Waals surface area contributed by atoms with Gasteiger partial charge in [-0.3, -0.25) is 4.68 Å². The summed E-state index contributed by atoms with van der Waals surface area (Å²) in [5, 5.41) is 8.19. The van der Waals surface area contributed by atoms with Gasteiger partial charge in [-0.05, 0) is 46.1 Å². The van der Waals surface area contributed by atoms with Crippen molar-refractivity contribution in [1.29, 1.82) is 0 Å². The number of nitrogens with one attached hydrogen (secondary N) is 1. The van der Waals surface area contributed by atoms with Crippen LogP contribution in [0.1, 0.15) is 48.1 Å². The van der Waals surface area contributed by atoms with Crippen molar-refractivity contribution < 1.29 is 4.74 Å². The van der Waals surface area contributed by atoms with Gasteiger partial charge in [0.25, 0.3) is 0 Å². The van der Waals surface area contributed by atoms with E-state index in [1.165, 1.54) is 18.5 Å². The quantitative estimate of drug-likeness (QED) is 0.875. The fraction of sp³-hybridized carbons (Fsp3) is 0.632. The van der Waals surface area contributed by atoms with Crippen LogP contribution in [0.2, 0.25) is 0 Å². The van der Waals surface area contributed by atoms with Gasteiger partial charge in [0.05, 0.1) is 18.0 Å². The first-order chi connectivity index (χ1) is 12.0. The summed E-state index contributed by atoms with van der Waals surface area (Å²) in [6.45, 7) is 9.68. The van der Waals surface area contributed by atoms with Gasteiger partial charge < -0.3 is 10.1 Å². The number of hydrogen-bond acceptors (Lipinski definition) is 5. The molecule has 2 aliphatic rings. The molecule has 1 atom stereocenters. The van der Waals surface area contributed by atoms with Crippen molar-refractivity contribution >= 4 is 5.82 Å². The standard InChI is InChI=1S/C19H27N5O/c1-13-8-14(2)24(23-13)12-19(5-6-19)11-20-18-9-17(21-15(3)22-18)16-4-7-25-10-16/h8-9,16H,4-7,10-12H2,1-3H3,(H,20,21,22)/t16-/m0/s1. The van der Waals surface area contributed by atoms with Gasteiger partial charge in [0.1, 0.15) is 11.6 Å². The summed E-state index contributed by atoms with van der Waals surface area (Å²) in [5.74, 6) is 2.18. The predicted molar refractivity (Wildman–Crippen MR) is 96.8 cm³/mol. The van der Waals surface area contributed by atoms with Crippen molar-refractivity contribution in [2.45, 2.75) is 52.5 Å². The monoisotopic (exact) mass is 341 g/mol. The van der Waals surface area contributed by atoms with Crippen LogP contribution in [-0.4, -0.2) is 39.5 Å². The lowest BCUT2D eigenvalue weighted by molar-refractivity contribution is 0.193. The molecule has 1 saturated heterocycles. The minimum atomic E-state index is 0.304. The molecule has 1 aliphatic carbocycles. The van der Waals surface area contributed by atoms with Crippen LogP contribution in [0.15, 0.2) is 12.1 Å². The average molecular weight is 341 g/mol. The lowest BCUT2D eigenvalue weighted by Gasteiger charge is -2.18. The van der Waals surface area contributed by atoms with E-state index < -0.39 is 0 Å². The van der Waals surface area contributed by atoms with E-state index >= 15 is 0 Å². The molecular formula is C19H27N5O. The molecule has 6 heteroatoms. The molecule has 25 heavy (non-hydrogen) atoms. The van der Waals surface area contributed by atoms with Crippen LogP contribution < -0.4 is 5.32 Å². The fourth-order valence-electron chi connectivity index (χ4n) is 3.66. The number of hydrogen-bond donors (Lipinski definition) is 1. The van der Waals surface area contributed by atoms with E-state index in [0.29, 0.717) is 11.3 Å². The van der Waals surface area contributed by atoms with Crippen LogP contribution >= 0.6 is 0 Å². The van der Waals surface area contributed by atoms with E-state index in [-0.39, 0.29) is 0 Å². The Kier molecular flexibility index (Phi) is 4.23. The van der Waals surface area contributed by atoms with Crippen LogP contribution in [0.3, 0.4) is 0 Å². The van der Waals surface area contributed by atoms with Gasteiger partial charge in [-0.15, -0.1) is 0 Å². The maximum absolute atomic E-state index is 5.50. The average Bonchev–Trinajstić information content (AvgIpc) is 2.98. The Morgan fingerprint density at radius 1 is 1.24 bits per heavy atom. The molecule has 1 N–H and O–H groups in total. The van der Waals surface area contributed by atoms with Crippen molar-refractivity contribution in [3.05, 3.63) is 35.0 Å². The highest BCUT2D eigenvalue weighted by atomic mass is 16.5. The molecule has 2 aromatic heterocycles. The third kappa shape index (κ3) is 3.68. The first kappa shape index (κ1) is 16.5. The molecule has 0 unspecified atom stereocenters. The summed E-state index contributed by atoms with van der Waals surface area (Å²) in [6, 6.07) is 4.25. The normalized spacial score (nSPS) is 21.5. The smallest absolute Gasteiger partial charge is 0.129 e. The molecule has 0 spiro atoms. The molecule has 0 aromatic carbocycles. The minimum absolute atomic E-state index is 0.304. The number of aryl methyl sites for hydroxylation is 3. The summed E-state index contributed by atoms with van der Waals surface area (Å²) >= 11 is 0. The van der Waals surface area contributed by atoms with Gasteiger partial charge >= 0.3 is 0 Å². The van der Waals surface area contributed by atoms with Crippen LogP contribution in [0, 0.1) is 26.2 Å². The van der Waals surface area contributed by atoms with Crippen LogP contribution in [-0.2, 0) is 11.3 Å². The van der Waals surface area contributed by atoms with Crippen molar-refractivity contribution in [3.8, 4) is 0 Å². The summed E-state index contributed by atoms with van der Waals surface area (Å²) in [6.07, 6.45) is 3.54. The summed E-state index contributed by atoms with van der Waals surface area (Å²) in [5.41, 5.74) is 3.75. The SMILES string of the molecule is Cc1cc(C)n(CC2(CNc3cc([C@H]4CCOC4)nc(C)n3)CC2)n1. The van der Waals surface area contributed by atoms with Gasteiger partial charge in [-0.2, -0.15) is 5.10 Å². The summed E-state index contributed by atoms with van der Waals surface area (Å²) < 4.78 is 7.65. The Labute approximate surface area is 149 Å². The number of nitrogens with zero attached hydrogens (tertiary/aromatic N) is 4. The van der Waals surface area contributed by atoms with Crippen molar-refractivity contribution in [3.63, 3.8) is 0 Å². The van der Waals surface area contributed by atoms with E-state index in [0.717, 1.165) is 55.8 Å². The van der Waals surface area contributed by atoms with Gasteiger partial charge in [-0.25, -0.2) is 9.97 Å². The van der Waals surface area contributed by atoms with E-state index in [1.54, 1.807) is 0 Å². The highest BCUT2D eigenvalue weighted by Crippen LogP contribution is 2.47. The lowest BCUT2D eigenvalue weighted by atomic mass is 10.0. The number of aromatic nitrogens is 4. The van der Waals surface area contributed by atoms with Gasteiger partial charge in [0, 0.05) is 42.8 Å². The molecule has 0 amide bonds. The largest absolute Gasteiger partial charge is 0.381 e. The first-order valence-corrected chi connectivity index (χ1v) is 9.21. The topological polar surface area (TPSA) is 64.9 Å². The highest BCUT2D eigenvalue weighted by molar-refractivity contribution is 5.38. The Morgan fingerprint density at radius 2 is 2.08 bits per heavy atom. The van der Waals surface area contributed by atoms with Crippen molar-refractivity contribution in [1.82, 2.24) is 19.7 Å². The molecule has 134 valence electrons. The van der Waals surface area contributed by atoms with Gasteiger partial charge in [0.2, 0.25) is 0 Å². The minimum Gasteiger partial charge on any atom is -0.381 e. The fourth-order valence-corrected chi connectivity index (χ4v) is 3.66. The molecular weight excluding hydrogens is 314 g/mol. The van der Waals surface area contributed by atoms with Crippen LogP contribution in [0.4, 0.5) is 5.82 Å². The summed E-state index contributed by atoms with van der Waals surface area (Å²) in [4.78, 5) is 9.19. The zero-order chi connectivity index (χ0) is 17.4. The first-order valence-electron chi connectivity index (χ1n) is 9.21. The highest BCUT2D eigenvalue weighted by Gasteiger charge is 2.43. The second-order valence-corrected chi connectivity index (χ2v) is 7.72. The van der Waals surface area contributed by atoms with E-state index in [1.807, 2.05) is 6.92 Å². The Hall–Kier alpha value is -1.95. The third-order valence-electron chi connectivity index (χ3n) is 5.40. The maximum Gasteiger partial charge on any atom is 0.129 e. The second-order valence-electron chi connectivity index (χ2n) is 7.72. The zero-order valence-electron chi connectivity index (χ0n) is 15.4. The van der Waals surface area contributed by atoms with Gasteiger partial charge in [0.15, 0.2) is 0 Å². The van der Waals surface area contributed by atoms with Crippen LogP contribution in [0.25, 0.3) is 0 Å². The third-order valence-corrected chi connectivity index (χ3v) is 5.40. The van der Waals surface area contributed by atoms with E-state index in [2.05, 4.69) is 51.0 Å². The molecule has 4 rings (SSSR count). The number of anilines is 1. The van der Waals surface area contributed by atoms with Gasteiger partial charge in [-0.1, -0.05) is 0 Å². The summed E-state index contributed by atoms with van der Waals surface area (Å²) in [7, 11) is 0. The molecule has 0 radical (unpaired) electrons.